The second-order valence-electron chi connectivity index (χ2n) is 7.52. The fourth-order valence-corrected chi connectivity index (χ4v) is 3.69. The van der Waals surface area contributed by atoms with E-state index in [1.165, 1.54) is 12.8 Å². The van der Waals surface area contributed by atoms with Gasteiger partial charge in [-0.1, -0.05) is 12.8 Å². The van der Waals surface area contributed by atoms with Gasteiger partial charge in [0.25, 0.3) is 0 Å². The molecule has 1 aliphatic heterocycles. The Morgan fingerprint density at radius 2 is 1.75 bits per heavy atom. The Labute approximate surface area is 174 Å². The summed E-state index contributed by atoms with van der Waals surface area (Å²) in [5, 5.41) is 10.3. The Hall–Kier alpha value is -1.93. The summed E-state index contributed by atoms with van der Waals surface area (Å²) in [6, 6.07) is 3.78. The lowest BCUT2D eigenvalue weighted by Gasteiger charge is -2.22. The van der Waals surface area contributed by atoms with Crippen LogP contribution in [-0.2, 0) is 5.60 Å². The summed E-state index contributed by atoms with van der Waals surface area (Å²) in [6.45, 7) is 7.15. The van der Waals surface area contributed by atoms with Crippen molar-refractivity contribution in [3.63, 3.8) is 0 Å². The first kappa shape index (κ1) is 20.8. The average Bonchev–Trinajstić information content (AvgIpc) is 2.91. The summed E-state index contributed by atoms with van der Waals surface area (Å²) >= 11 is 3.52. The van der Waals surface area contributed by atoms with Gasteiger partial charge in [-0.15, -0.1) is 0 Å². The zero-order valence-electron chi connectivity index (χ0n) is 16.8. The molecule has 0 saturated carbocycles. The summed E-state index contributed by atoms with van der Waals surface area (Å²) in [7, 11) is 1.56. The minimum atomic E-state index is -1.00. The highest BCUT2D eigenvalue weighted by Gasteiger charge is 2.23. The first-order valence-corrected chi connectivity index (χ1v) is 10.3. The Kier molecular flexibility index (Phi) is 6.40. The summed E-state index contributed by atoms with van der Waals surface area (Å²) in [5.41, 5.74) is -0.293. The lowest BCUT2D eigenvalue weighted by Crippen LogP contribution is -2.26. The smallest absolute Gasteiger partial charge is 0.327 e. The van der Waals surface area contributed by atoms with Gasteiger partial charge in [-0.3, -0.25) is 0 Å². The van der Waals surface area contributed by atoms with E-state index in [0.29, 0.717) is 33.3 Å². The molecule has 7 nitrogen and oxygen atoms in total. The van der Waals surface area contributed by atoms with Crippen LogP contribution in [0.5, 0.6) is 17.5 Å². The number of halogens is 1. The Balaban J connectivity index is 1.93. The van der Waals surface area contributed by atoms with E-state index in [-0.39, 0.29) is 6.01 Å². The predicted molar refractivity (Wildman–Crippen MR) is 111 cm³/mol. The number of benzene rings is 1. The third-order valence-corrected chi connectivity index (χ3v) is 5.32. The highest BCUT2D eigenvalue weighted by Crippen LogP contribution is 2.41. The summed E-state index contributed by atoms with van der Waals surface area (Å²) in [5.74, 6) is 2.20. The van der Waals surface area contributed by atoms with Crippen molar-refractivity contribution in [3.8, 4) is 17.5 Å². The van der Waals surface area contributed by atoms with Gasteiger partial charge in [-0.05, 0) is 67.2 Å². The van der Waals surface area contributed by atoms with Crippen LogP contribution in [0.1, 0.15) is 50.9 Å². The molecule has 2 aromatic rings. The van der Waals surface area contributed by atoms with Gasteiger partial charge < -0.3 is 19.5 Å². The Bertz CT molecular complexity index is 831. The molecule has 8 heteroatoms. The van der Waals surface area contributed by atoms with E-state index in [2.05, 4.69) is 35.8 Å². The van der Waals surface area contributed by atoms with Crippen molar-refractivity contribution in [1.82, 2.24) is 15.0 Å². The molecule has 3 rings (SSSR count). The topological polar surface area (TPSA) is 80.6 Å². The van der Waals surface area contributed by atoms with Gasteiger partial charge >= 0.3 is 6.01 Å². The minimum absolute atomic E-state index is 0.224. The van der Waals surface area contributed by atoms with E-state index in [1.807, 2.05) is 13.0 Å². The van der Waals surface area contributed by atoms with Crippen LogP contribution >= 0.6 is 15.9 Å². The number of hydrogen-bond donors (Lipinski definition) is 1. The van der Waals surface area contributed by atoms with Gasteiger partial charge in [0, 0.05) is 13.1 Å². The summed E-state index contributed by atoms with van der Waals surface area (Å²) < 4.78 is 12.1. The molecule has 0 atom stereocenters. The average molecular weight is 451 g/mol. The second-order valence-corrected chi connectivity index (χ2v) is 8.37. The van der Waals surface area contributed by atoms with Gasteiger partial charge in [-0.25, -0.2) is 0 Å². The SMILES string of the molecule is COc1cc(C(C)(C)O)cc(Br)c1Oc1nc(C)nc(N2CCCCCC2)n1. The van der Waals surface area contributed by atoms with E-state index in [1.54, 1.807) is 27.0 Å². The molecule has 0 bridgehead atoms. The van der Waals surface area contributed by atoms with Crippen molar-refractivity contribution >= 4 is 21.9 Å². The maximum Gasteiger partial charge on any atom is 0.327 e. The van der Waals surface area contributed by atoms with Crippen molar-refractivity contribution in [2.24, 2.45) is 0 Å². The molecule has 1 fully saturated rings. The number of ether oxygens (including phenoxy) is 2. The van der Waals surface area contributed by atoms with E-state index in [4.69, 9.17) is 9.47 Å². The van der Waals surface area contributed by atoms with Gasteiger partial charge in [0.2, 0.25) is 5.95 Å². The van der Waals surface area contributed by atoms with Crippen molar-refractivity contribution in [2.75, 3.05) is 25.1 Å². The molecular weight excluding hydrogens is 424 g/mol. The van der Waals surface area contributed by atoms with Gasteiger partial charge in [0.1, 0.15) is 5.82 Å². The van der Waals surface area contributed by atoms with Gasteiger partial charge in [0.15, 0.2) is 11.5 Å². The molecule has 1 aromatic heterocycles. The molecule has 0 spiro atoms. The van der Waals surface area contributed by atoms with Crippen molar-refractivity contribution in [2.45, 2.75) is 52.1 Å². The predicted octanol–water partition coefficient (Wildman–Crippen LogP) is 4.35. The molecule has 0 aliphatic carbocycles. The van der Waals surface area contributed by atoms with Crippen LogP contribution in [0, 0.1) is 6.92 Å². The molecule has 0 unspecified atom stereocenters. The standard InChI is InChI=1S/C20H27BrN4O3/c1-13-22-18(25-9-7-5-6-8-10-25)24-19(23-13)28-17-15(21)11-14(20(2,3)26)12-16(17)27-4/h11-12,26H,5-10H2,1-4H3. The van der Waals surface area contributed by atoms with Crippen LogP contribution < -0.4 is 14.4 Å². The van der Waals surface area contributed by atoms with Crippen LogP contribution in [0.2, 0.25) is 0 Å². The summed E-state index contributed by atoms with van der Waals surface area (Å²) in [6.07, 6.45) is 4.75. The number of aliphatic hydroxyl groups is 1. The number of aryl methyl sites for hydroxylation is 1. The van der Waals surface area contributed by atoms with Crippen LogP contribution in [0.15, 0.2) is 16.6 Å². The maximum absolute atomic E-state index is 10.3. The van der Waals surface area contributed by atoms with Crippen molar-refractivity contribution in [1.29, 1.82) is 0 Å². The van der Waals surface area contributed by atoms with Crippen LogP contribution in [0.3, 0.4) is 0 Å². The third kappa shape index (κ3) is 4.91. The molecule has 1 aliphatic rings. The lowest BCUT2D eigenvalue weighted by atomic mass is 9.98. The lowest BCUT2D eigenvalue weighted by molar-refractivity contribution is 0.0782. The number of rotatable bonds is 5. The molecule has 1 N–H and O–H groups in total. The molecule has 0 amide bonds. The number of hydrogen-bond acceptors (Lipinski definition) is 7. The number of nitrogens with zero attached hydrogens (tertiary/aromatic N) is 4. The van der Waals surface area contributed by atoms with Crippen LogP contribution in [0.25, 0.3) is 0 Å². The van der Waals surface area contributed by atoms with Crippen LogP contribution in [0.4, 0.5) is 5.95 Å². The quantitative estimate of drug-likeness (QED) is 0.724. The molecular formula is C20H27BrN4O3. The van der Waals surface area contributed by atoms with E-state index >= 15 is 0 Å². The second kappa shape index (κ2) is 8.61. The number of aromatic nitrogens is 3. The zero-order valence-corrected chi connectivity index (χ0v) is 18.4. The number of methoxy groups -OCH3 is 1. The molecule has 0 radical (unpaired) electrons. The molecule has 28 heavy (non-hydrogen) atoms. The maximum atomic E-state index is 10.3. The largest absolute Gasteiger partial charge is 0.493 e. The van der Waals surface area contributed by atoms with Crippen molar-refractivity contribution in [3.05, 3.63) is 28.0 Å². The fraction of sp³-hybridized carbons (Fsp3) is 0.550. The zero-order chi connectivity index (χ0) is 20.3. The van der Waals surface area contributed by atoms with E-state index in [0.717, 1.165) is 25.9 Å². The first-order valence-electron chi connectivity index (χ1n) is 9.54. The van der Waals surface area contributed by atoms with E-state index in [9.17, 15) is 5.11 Å². The number of anilines is 1. The highest BCUT2D eigenvalue weighted by molar-refractivity contribution is 9.10. The summed E-state index contributed by atoms with van der Waals surface area (Å²) in [4.78, 5) is 15.6. The molecule has 1 saturated heterocycles. The normalized spacial score (nSPS) is 15.3. The third-order valence-electron chi connectivity index (χ3n) is 4.73. The molecule has 1 aromatic carbocycles. The van der Waals surface area contributed by atoms with Gasteiger partial charge in [0.05, 0.1) is 17.2 Å². The van der Waals surface area contributed by atoms with E-state index < -0.39 is 5.60 Å². The van der Waals surface area contributed by atoms with Crippen molar-refractivity contribution < 1.29 is 14.6 Å². The molecule has 2 heterocycles. The minimum Gasteiger partial charge on any atom is -0.493 e. The Morgan fingerprint density at radius 1 is 1.07 bits per heavy atom. The fourth-order valence-electron chi connectivity index (χ4n) is 3.16. The molecule has 152 valence electrons. The highest BCUT2D eigenvalue weighted by atomic mass is 79.9. The first-order chi connectivity index (χ1) is 13.3. The van der Waals surface area contributed by atoms with Crippen LogP contribution in [-0.4, -0.2) is 40.3 Å². The monoisotopic (exact) mass is 450 g/mol. The Morgan fingerprint density at radius 3 is 2.36 bits per heavy atom. The van der Waals surface area contributed by atoms with Gasteiger partial charge in [-0.2, -0.15) is 15.0 Å².